The second-order valence-corrected chi connectivity index (χ2v) is 6.65. The molecule has 21 heavy (non-hydrogen) atoms. The summed E-state index contributed by atoms with van der Waals surface area (Å²) in [4.78, 5) is 0. The molecule has 0 amide bonds. The van der Waals surface area contributed by atoms with E-state index in [2.05, 4.69) is 43.4 Å². The molecule has 0 spiro atoms. The molecular formula is C20H33N. The largest absolute Gasteiger partial charge is 0.314 e. The van der Waals surface area contributed by atoms with E-state index in [0.717, 1.165) is 18.5 Å². The van der Waals surface area contributed by atoms with Crippen LogP contribution >= 0.6 is 0 Å². The van der Waals surface area contributed by atoms with Crippen LogP contribution in [0, 0.1) is 0 Å². The normalized spacial score (nSPS) is 18.1. The van der Waals surface area contributed by atoms with Crippen molar-refractivity contribution < 1.29 is 0 Å². The van der Waals surface area contributed by atoms with Crippen molar-refractivity contribution in [1.29, 1.82) is 0 Å². The van der Waals surface area contributed by atoms with Crippen molar-refractivity contribution in [2.24, 2.45) is 0 Å². The summed E-state index contributed by atoms with van der Waals surface area (Å²) in [5, 5.41) is 3.71. The van der Waals surface area contributed by atoms with Crippen LogP contribution in [0.3, 0.4) is 0 Å². The van der Waals surface area contributed by atoms with Gasteiger partial charge in [-0.15, -0.1) is 0 Å². The molecule has 1 nitrogen and oxygen atoms in total. The van der Waals surface area contributed by atoms with Gasteiger partial charge in [0, 0.05) is 6.04 Å². The molecule has 1 aromatic carbocycles. The van der Waals surface area contributed by atoms with Crippen molar-refractivity contribution in [1.82, 2.24) is 5.32 Å². The van der Waals surface area contributed by atoms with Gasteiger partial charge in [-0.2, -0.15) is 0 Å². The van der Waals surface area contributed by atoms with Gasteiger partial charge in [0.15, 0.2) is 0 Å². The molecule has 2 atom stereocenters. The van der Waals surface area contributed by atoms with Gasteiger partial charge in [0.2, 0.25) is 0 Å². The SMILES string of the molecule is CCCCCCCCC(CC1Cc2ccccc21)NCC. The van der Waals surface area contributed by atoms with E-state index < -0.39 is 0 Å². The van der Waals surface area contributed by atoms with Crippen LogP contribution in [0.4, 0.5) is 0 Å². The number of fused-ring (bicyclic) bond motifs is 1. The first-order chi connectivity index (χ1) is 10.3. The summed E-state index contributed by atoms with van der Waals surface area (Å²) in [5.41, 5.74) is 3.20. The predicted molar refractivity (Wildman–Crippen MR) is 93.0 cm³/mol. The minimum atomic E-state index is 0.722. The van der Waals surface area contributed by atoms with Crippen LogP contribution in [-0.4, -0.2) is 12.6 Å². The van der Waals surface area contributed by atoms with Gasteiger partial charge < -0.3 is 5.32 Å². The maximum atomic E-state index is 3.71. The molecule has 1 N–H and O–H groups in total. The van der Waals surface area contributed by atoms with Gasteiger partial charge in [-0.25, -0.2) is 0 Å². The third-order valence-electron chi connectivity index (χ3n) is 4.93. The molecule has 0 heterocycles. The Bertz CT molecular complexity index is 399. The van der Waals surface area contributed by atoms with Crippen LogP contribution < -0.4 is 5.32 Å². The average molecular weight is 287 g/mol. The second kappa shape index (κ2) is 9.25. The number of rotatable bonds is 11. The first kappa shape index (κ1) is 16.5. The highest BCUT2D eigenvalue weighted by Crippen LogP contribution is 2.38. The van der Waals surface area contributed by atoms with E-state index in [9.17, 15) is 0 Å². The van der Waals surface area contributed by atoms with Crippen molar-refractivity contribution in [3.05, 3.63) is 35.4 Å². The Morgan fingerprint density at radius 1 is 1.05 bits per heavy atom. The van der Waals surface area contributed by atoms with Crippen LogP contribution in [0.2, 0.25) is 0 Å². The van der Waals surface area contributed by atoms with Crippen LogP contribution in [0.5, 0.6) is 0 Å². The Hall–Kier alpha value is -0.820. The van der Waals surface area contributed by atoms with Gasteiger partial charge in [0.25, 0.3) is 0 Å². The number of nitrogens with one attached hydrogen (secondary N) is 1. The highest BCUT2D eigenvalue weighted by molar-refractivity contribution is 5.39. The maximum Gasteiger partial charge on any atom is 0.00728 e. The summed E-state index contributed by atoms with van der Waals surface area (Å²) in [6.45, 7) is 5.63. The fourth-order valence-electron chi connectivity index (χ4n) is 3.68. The molecule has 0 aliphatic heterocycles. The zero-order chi connectivity index (χ0) is 14.9. The van der Waals surface area contributed by atoms with Gasteiger partial charge >= 0.3 is 0 Å². The summed E-state index contributed by atoms with van der Waals surface area (Å²) in [6.07, 6.45) is 12.4. The number of benzene rings is 1. The number of unbranched alkanes of at least 4 members (excludes halogenated alkanes) is 5. The summed E-state index contributed by atoms with van der Waals surface area (Å²) in [7, 11) is 0. The lowest BCUT2D eigenvalue weighted by molar-refractivity contribution is 0.391. The highest BCUT2D eigenvalue weighted by Gasteiger charge is 2.27. The van der Waals surface area contributed by atoms with E-state index in [1.165, 1.54) is 57.8 Å². The molecule has 2 rings (SSSR count). The summed E-state index contributed by atoms with van der Waals surface area (Å²) in [6, 6.07) is 9.72. The molecule has 1 aliphatic rings. The Morgan fingerprint density at radius 2 is 1.81 bits per heavy atom. The van der Waals surface area contributed by atoms with E-state index in [4.69, 9.17) is 0 Å². The van der Waals surface area contributed by atoms with Gasteiger partial charge in [-0.1, -0.05) is 76.6 Å². The van der Waals surface area contributed by atoms with E-state index in [0.29, 0.717) is 0 Å². The summed E-state index contributed by atoms with van der Waals surface area (Å²) >= 11 is 0. The third-order valence-corrected chi connectivity index (χ3v) is 4.93. The Morgan fingerprint density at radius 3 is 2.57 bits per heavy atom. The molecule has 0 radical (unpaired) electrons. The van der Waals surface area contributed by atoms with Crippen LogP contribution in [0.1, 0.15) is 82.3 Å². The van der Waals surface area contributed by atoms with Crippen LogP contribution in [0.25, 0.3) is 0 Å². The van der Waals surface area contributed by atoms with Gasteiger partial charge in [-0.3, -0.25) is 0 Å². The van der Waals surface area contributed by atoms with Gasteiger partial charge in [0.05, 0.1) is 0 Å². The van der Waals surface area contributed by atoms with Gasteiger partial charge in [-0.05, 0) is 42.9 Å². The zero-order valence-electron chi connectivity index (χ0n) is 14.0. The van der Waals surface area contributed by atoms with Gasteiger partial charge in [0.1, 0.15) is 0 Å². The second-order valence-electron chi connectivity index (χ2n) is 6.65. The van der Waals surface area contributed by atoms with Crippen molar-refractivity contribution in [3.63, 3.8) is 0 Å². The topological polar surface area (TPSA) is 12.0 Å². The molecule has 0 saturated carbocycles. The molecular weight excluding hydrogens is 254 g/mol. The first-order valence-corrected chi connectivity index (χ1v) is 9.16. The minimum absolute atomic E-state index is 0.722. The predicted octanol–water partition coefficient (Wildman–Crippen LogP) is 5.45. The van der Waals surface area contributed by atoms with Crippen LogP contribution in [-0.2, 0) is 6.42 Å². The zero-order valence-corrected chi connectivity index (χ0v) is 14.0. The Balaban J connectivity index is 1.68. The molecule has 2 unspecified atom stereocenters. The molecule has 0 bridgehead atoms. The fourth-order valence-corrected chi connectivity index (χ4v) is 3.68. The number of hydrogen-bond donors (Lipinski definition) is 1. The monoisotopic (exact) mass is 287 g/mol. The van der Waals surface area contributed by atoms with E-state index in [1.54, 1.807) is 11.1 Å². The Kier molecular flexibility index (Phi) is 7.29. The lowest BCUT2D eigenvalue weighted by Gasteiger charge is -2.33. The molecule has 0 saturated heterocycles. The van der Waals surface area contributed by atoms with Crippen molar-refractivity contribution in [2.45, 2.75) is 83.6 Å². The first-order valence-electron chi connectivity index (χ1n) is 9.16. The summed E-state index contributed by atoms with van der Waals surface area (Å²) in [5.74, 6) is 0.811. The summed E-state index contributed by atoms with van der Waals surface area (Å²) < 4.78 is 0. The van der Waals surface area contributed by atoms with E-state index in [1.807, 2.05) is 0 Å². The number of hydrogen-bond acceptors (Lipinski definition) is 1. The maximum absolute atomic E-state index is 3.71. The molecule has 0 fully saturated rings. The lowest BCUT2D eigenvalue weighted by atomic mass is 9.74. The molecule has 1 aromatic rings. The molecule has 0 aromatic heterocycles. The minimum Gasteiger partial charge on any atom is -0.314 e. The lowest BCUT2D eigenvalue weighted by Crippen LogP contribution is -2.33. The van der Waals surface area contributed by atoms with Crippen molar-refractivity contribution in [3.8, 4) is 0 Å². The molecule has 1 heteroatoms. The van der Waals surface area contributed by atoms with Crippen molar-refractivity contribution in [2.75, 3.05) is 6.54 Å². The fraction of sp³-hybridized carbons (Fsp3) is 0.700. The van der Waals surface area contributed by atoms with E-state index >= 15 is 0 Å². The standard InChI is InChI=1S/C20H33N/c1-3-5-6-7-8-9-13-19(21-4-2)16-18-15-17-12-10-11-14-20(17)18/h10-12,14,18-19,21H,3-9,13,15-16H2,1-2H3. The quantitative estimate of drug-likeness (QED) is 0.534. The highest BCUT2D eigenvalue weighted by atomic mass is 14.9. The van der Waals surface area contributed by atoms with Crippen molar-refractivity contribution >= 4 is 0 Å². The smallest absolute Gasteiger partial charge is 0.00728 e. The molecule has 1 aliphatic carbocycles. The van der Waals surface area contributed by atoms with Crippen LogP contribution in [0.15, 0.2) is 24.3 Å². The van der Waals surface area contributed by atoms with E-state index in [-0.39, 0.29) is 0 Å². The third kappa shape index (κ3) is 5.14. The molecule has 118 valence electrons. The average Bonchev–Trinajstić information content (AvgIpc) is 2.48. The Labute approximate surface area is 131 Å².